The fourth-order valence-electron chi connectivity index (χ4n) is 1.04. The van der Waals surface area contributed by atoms with Crippen molar-refractivity contribution >= 4 is 0 Å². The van der Waals surface area contributed by atoms with Crippen LogP contribution in [0.2, 0.25) is 0 Å². The van der Waals surface area contributed by atoms with E-state index < -0.39 is 11.6 Å². The molecule has 0 aliphatic carbocycles. The minimum Gasteiger partial charge on any atom is -0.376 e. The number of rotatable bonds is 2. The molecule has 1 radical (unpaired) electrons. The van der Waals surface area contributed by atoms with Crippen molar-refractivity contribution in [3.8, 4) is 5.75 Å². The Bertz CT molecular complexity index is 405. The number of aromatic nitrogens is 1. The first-order chi connectivity index (χ1) is 6.74. The SMILES string of the molecule is Fc1cc(F)cc(On2c[c]cc2)c1. The Morgan fingerprint density at radius 2 is 1.86 bits per heavy atom. The lowest BCUT2D eigenvalue weighted by atomic mass is 10.3. The molecule has 2 rings (SSSR count). The molecule has 1 aromatic heterocycles. The van der Waals surface area contributed by atoms with E-state index in [0.717, 1.165) is 18.2 Å². The molecule has 1 heterocycles. The lowest BCUT2D eigenvalue weighted by molar-refractivity contribution is 0.215. The Balaban J connectivity index is 2.25. The minimum atomic E-state index is -0.670. The summed E-state index contributed by atoms with van der Waals surface area (Å²) in [6.07, 6.45) is 3.08. The molecule has 71 valence electrons. The van der Waals surface area contributed by atoms with E-state index in [0.29, 0.717) is 0 Å². The van der Waals surface area contributed by atoms with Gasteiger partial charge in [-0.05, 0) is 6.07 Å². The summed E-state index contributed by atoms with van der Waals surface area (Å²) in [5.74, 6) is -1.24. The smallest absolute Gasteiger partial charge is 0.161 e. The van der Waals surface area contributed by atoms with Crippen LogP contribution in [-0.4, -0.2) is 4.73 Å². The van der Waals surface area contributed by atoms with Crippen LogP contribution in [0, 0.1) is 17.7 Å². The molecular formula is C10H6F2NO. The van der Waals surface area contributed by atoms with Crippen LogP contribution in [0.5, 0.6) is 5.75 Å². The maximum atomic E-state index is 12.7. The molecular weight excluding hydrogens is 188 g/mol. The molecule has 2 nitrogen and oxygen atoms in total. The predicted octanol–water partition coefficient (Wildman–Crippen LogP) is 2.41. The molecule has 0 aliphatic heterocycles. The van der Waals surface area contributed by atoms with Gasteiger partial charge in [-0.3, -0.25) is 0 Å². The first kappa shape index (κ1) is 8.74. The first-order valence-corrected chi connectivity index (χ1v) is 3.92. The van der Waals surface area contributed by atoms with Gasteiger partial charge in [0.2, 0.25) is 0 Å². The Hall–Kier alpha value is -1.84. The Morgan fingerprint density at radius 3 is 2.43 bits per heavy atom. The summed E-state index contributed by atoms with van der Waals surface area (Å²) >= 11 is 0. The van der Waals surface area contributed by atoms with Gasteiger partial charge < -0.3 is 4.84 Å². The second-order valence-electron chi connectivity index (χ2n) is 2.67. The van der Waals surface area contributed by atoms with Crippen LogP contribution in [0.4, 0.5) is 8.78 Å². The molecule has 0 saturated carbocycles. The number of hydrogen-bond donors (Lipinski definition) is 0. The van der Waals surface area contributed by atoms with Crippen LogP contribution < -0.4 is 4.84 Å². The van der Waals surface area contributed by atoms with E-state index in [9.17, 15) is 8.78 Å². The largest absolute Gasteiger partial charge is 0.376 e. The Morgan fingerprint density at radius 1 is 1.14 bits per heavy atom. The monoisotopic (exact) mass is 194 g/mol. The maximum Gasteiger partial charge on any atom is 0.161 e. The molecule has 0 aliphatic rings. The molecule has 0 atom stereocenters. The van der Waals surface area contributed by atoms with Crippen molar-refractivity contribution in [1.82, 2.24) is 4.73 Å². The first-order valence-electron chi connectivity index (χ1n) is 3.92. The summed E-state index contributed by atoms with van der Waals surface area (Å²) in [7, 11) is 0. The van der Waals surface area contributed by atoms with Gasteiger partial charge >= 0.3 is 0 Å². The number of halogens is 2. The highest BCUT2D eigenvalue weighted by molar-refractivity contribution is 5.23. The summed E-state index contributed by atoms with van der Waals surface area (Å²) in [5.41, 5.74) is 0. The van der Waals surface area contributed by atoms with Gasteiger partial charge in [0.1, 0.15) is 11.6 Å². The van der Waals surface area contributed by atoms with Gasteiger partial charge in [0, 0.05) is 30.5 Å². The fraction of sp³-hybridized carbons (Fsp3) is 0. The molecule has 0 spiro atoms. The van der Waals surface area contributed by atoms with E-state index in [1.54, 1.807) is 12.3 Å². The van der Waals surface area contributed by atoms with Crippen molar-refractivity contribution in [2.24, 2.45) is 0 Å². The van der Waals surface area contributed by atoms with Crippen LogP contribution in [-0.2, 0) is 0 Å². The van der Waals surface area contributed by atoms with Crippen molar-refractivity contribution in [2.75, 3.05) is 0 Å². The van der Waals surface area contributed by atoms with Gasteiger partial charge in [-0.1, -0.05) is 0 Å². The number of nitrogens with zero attached hydrogens (tertiary/aromatic N) is 1. The van der Waals surface area contributed by atoms with E-state index >= 15 is 0 Å². The van der Waals surface area contributed by atoms with Crippen LogP contribution >= 0.6 is 0 Å². The zero-order valence-electron chi connectivity index (χ0n) is 7.08. The average Bonchev–Trinajstić information content (AvgIpc) is 2.54. The topological polar surface area (TPSA) is 14.2 Å². The van der Waals surface area contributed by atoms with Crippen molar-refractivity contribution in [3.05, 3.63) is 54.4 Å². The second kappa shape index (κ2) is 3.49. The number of hydrogen-bond acceptors (Lipinski definition) is 1. The van der Waals surface area contributed by atoms with E-state index in [1.165, 1.54) is 10.9 Å². The van der Waals surface area contributed by atoms with Crippen molar-refractivity contribution < 1.29 is 13.6 Å². The third-order valence-electron chi connectivity index (χ3n) is 1.57. The van der Waals surface area contributed by atoms with E-state index in [4.69, 9.17) is 4.84 Å². The van der Waals surface area contributed by atoms with Crippen LogP contribution in [0.25, 0.3) is 0 Å². The lowest BCUT2D eigenvalue weighted by Gasteiger charge is -2.05. The highest BCUT2D eigenvalue weighted by Gasteiger charge is 2.01. The molecule has 0 fully saturated rings. The number of benzene rings is 1. The van der Waals surface area contributed by atoms with Gasteiger partial charge in [0.05, 0.1) is 6.20 Å². The van der Waals surface area contributed by atoms with Gasteiger partial charge in [-0.2, -0.15) is 4.73 Å². The highest BCUT2D eigenvalue weighted by Crippen LogP contribution is 2.15. The normalized spacial score (nSPS) is 10.1. The predicted molar refractivity (Wildman–Crippen MR) is 45.7 cm³/mol. The molecule has 1 aromatic carbocycles. The van der Waals surface area contributed by atoms with Crippen molar-refractivity contribution in [3.63, 3.8) is 0 Å². The summed E-state index contributed by atoms with van der Waals surface area (Å²) in [5, 5.41) is 0. The van der Waals surface area contributed by atoms with E-state index in [-0.39, 0.29) is 5.75 Å². The molecule has 0 saturated heterocycles. The molecule has 0 unspecified atom stereocenters. The van der Waals surface area contributed by atoms with Gasteiger partial charge in [-0.15, -0.1) is 0 Å². The average molecular weight is 194 g/mol. The van der Waals surface area contributed by atoms with Crippen molar-refractivity contribution in [1.29, 1.82) is 0 Å². The van der Waals surface area contributed by atoms with Gasteiger partial charge in [0.25, 0.3) is 0 Å². The van der Waals surface area contributed by atoms with Crippen LogP contribution in [0.3, 0.4) is 0 Å². The summed E-state index contributed by atoms with van der Waals surface area (Å²) in [6.45, 7) is 0. The highest BCUT2D eigenvalue weighted by atomic mass is 19.1. The molecule has 14 heavy (non-hydrogen) atoms. The van der Waals surface area contributed by atoms with Crippen LogP contribution in [0.15, 0.2) is 36.7 Å². The lowest BCUT2D eigenvalue weighted by Crippen LogP contribution is -2.01. The van der Waals surface area contributed by atoms with Gasteiger partial charge in [-0.25, -0.2) is 8.78 Å². The minimum absolute atomic E-state index is 0.104. The maximum absolute atomic E-state index is 12.7. The second-order valence-corrected chi connectivity index (χ2v) is 2.67. The third kappa shape index (κ3) is 1.90. The molecule has 0 bridgehead atoms. The fourth-order valence-corrected chi connectivity index (χ4v) is 1.04. The quantitative estimate of drug-likeness (QED) is 0.716. The molecule has 2 aromatic rings. The summed E-state index contributed by atoms with van der Waals surface area (Å²) in [6, 6.07) is 7.34. The summed E-state index contributed by atoms with van der Waals surface area (Å²) in [4.78, 5) is 5.09. The molecule has 0 N–H and O–H groups in total. The zero-order chi connectivity index (χ0) is 9.97. The van der Waals surface area contributed by atoms with E-state index in [1.807, 2.05) is 0 Å². The standard InChI is InChI=1S/C10H6F2NO/c11-8-5-9(12)7-10(6-8)14-13-3-1-2-4-13/h1,3-7H. The third-order valence-corrected chi connectivity index (χ3v) is 1.57. The van der Waals surface area contributed by atoms with Gasteiger partial charge in [0.15, 0.2) is 5.75 Å². The van der Waals surface area contributed by atoms with Crippen LogP contribution in [0.1, 0.15) is 0 Å². The Kier molecular flexibility index (Phi) is 2.18. The molecule has 0 amide bonds. The molecule has 4 heteroatoms. The summed E-state index contributed by atoms with van der Waals surface area (Å²) < 4.78 is 26.7. The van der Waals surface area contributed by atoms with E-state index in [2.05, 4.69) is 6.07 Å². The Labute approximate surface area is 79.3 Å². The zero-order valence-corrected chi connectivity index (χ0v) is 7.08. The van der Waals surface area contributed by atoms with Crippen molar-refractivity contribution in [2.45, 2.75) is 0 Å².